The molecule has 2 aromatic rings. The molecule has 0 unspecified atom stereocenters. The molecule has 0 aliphatic rings. The van der Waals surface area contributed by atoms with Crippen molar-refractivity contribution in [3.05, 3.63) is 63.6 Å². The van der Waals surface area contributed by atoms with Gasteiger partial charge in [-0.05, 0) is 18.6 Å². The summed E-state index contributed by atoms with van der Waals surface area (Å²) >= 11 is 0. The second-order valence-corrected chi connectivity index (χ2v) is 4.07. The molecule has 1 heterocycles. The van der Waals surface area contributed by atoms with Gasteiger partial charge in [-0.15, -0.1) is 0 Å². The van der Waals surface area contributed by atoms with Gasteiger partial charge in [0.05, 0.1) is 0 Å². The van der Waals surface area contributed by atoms with E-state index >= 15 is 0 Å². The molecule has 0 radical (unpaired) electrons. The summed E-state index contributed by atoms with van der Waals surface area (Å²) in [5, 5.41) is 8.60. The van der Waals surface area contributed by atoms with Gasteiger partial charge in [0.15, 0.2) is 0 Å². The number of hydrogen-bond acceptors (Lipinski definition) is 3. The quantitative estimate of drug-likeness (QED) is 0.579. The van der Waals surface area contributed by atoms with Gasteiger partial charge in [-0.25, -0.2) is 5.43 Å². The first-order valence-corrected chi connectivity index (χ1v) is 6.01. The highest BCUT2D eigenvalue weighted by molar-refractivity contribution is 5.94. The predicted octanol–water partition coefficient (Wildman–Crippen LogP) is 1.44. The van der Waals surface area contributed by atoms with E-state index in [0.717, 1.165) is 5.56 Å². The first kappa shape index (κ1) is 13.5. The third-order valence-corrected chi connectivity index (χ3v) is 2.66. The number of aromatic nitrogens is 2. The number of nitrogens with zero attached hydrogens (tertiary/aromatic N) is 1. The van der Waals surface area contributed by atoms with Crippen LogP contribution in [0.25, 0.3) is 6.08 Å². The van der Waals surface area contributed by atoms with Crippen LogP contribution < -0.4 is 11.0 Å². The van der Waals surface area contributed by atoms with Gasteiger partial charge in [0.1, 0.15) is 5.69 Å². The van der Waals surface area contributed by atoms with E-state index in [1.165, 1.54) is 6.21 Å². The second-order valence-electron chi connectivity index (χ2n) is 4.07. The van der Waals surface area contributed by atoms with Gasteiger partial charge < -0.3 is 0 Å². The van der Waals surface area contributed by atoms with Crippen LogP contribution in [0.5, 0.6) is 0 Å². The molecule has 0 spiro atoms. The molecule has 0 aliphatic carbocycles. The van der Waals surface area contributed by atoms with Crippen LogP contribution in [-0.4, -0.2) is 22.3 Å². The topological polar surface area (TPSA) is 90.1 Å². The van der Waals surface area contributed by atoms with E-state index in [4.69, 9.17) is 0 Å². The maximum atomic E-state index is 11.7. The van der Waals surface area contributed by atoms with Gasteiger partial charge in [-0.2, -0.15) is 5.10 Å². The molecule has 3 N–H and O–H groups in total. The van der Waals surface area contributed by atoms with Crippen LogP contribution >= 0.6 is 0 Å². The minimum atomic E-state index is -0.467. The van der Waals surface area contributed by atoms with Crippen LogP contribution in [0.3, 0.4) is 0 Å². The summed E-state index contributed by atoms with van der Waals surface area (Å²) in [7, 11) is 0. The molecule has 0 saturated carbocycles. The lowest BCUT2D eigenvalue weighted by Crippen LogP contribution is -2.19. The highest BCUT2D eigenvalue weighted by Crippen LogP contribution is 1.99. The number of rotatable bonds is 4. The molecular formula is C14H14N4O2. The maximum absolute atomic E-state index is 11.7. The third kappa shape index (κ3) is 3.32. The van der Waals surface area contributed by atoms with Gasteiger partial charge >= 0.3 is 0 Å². The van der Waals surface area contributed by atoms with Crippen molar-refractivity contribution in [2.45, 2.75) is 6.92 Å². The molecule has 0 atom stereocenters. The maximum Gasteiger partial charge on any atom is 0.289 e. The minimum Gasteiger partial charge on any atom is -0.293 e. The largest absolute Gasteiger partial charge is 0.293 e. The Hall–Kier alpha value is -2.89. The summed E-state index contributed by atoms with van der Waals surface area (Å²) in [6.45, 7) is 1.56. The molecule has 6 heteroatoms. The number of benzene rings is 1. The zero-order chi connectivity index (χ0) is 14.4. The Morgan fingerprint density at radius 1 is 1.25 bits per heavy atom. The number of hydrogen-bond donors (Lipinski definition) is 3. The Kier molecular flexibility index (Phi) is 4.28. The molecule has 0 fully saturated rings. The number of aromatic amines is 2. The fourth-order valence-electron chi connectivity index (χ4n) is 1.56. The van der Waals surface area contributed by atoms with Crippen LogP contribution in [0.2, 0.25) is 0 Å². The van der Waals surface area contributed by atoms with Gasteiger partial charge in [0.25, 0.3) is 11.5 Å². The van der Waals surface area contributed by atoms with Gasteiger partial charge in [-0.1, -0.05) is 36.4 Å². The number of carbonyl (C=O) groups is 1. The molecule has 0 bridgehead atoms. The van der Waals surface area contributed by atoms with E-state index in [2.05, 4.69) is 20.7 Å². The summed E-state index contributed by atoms with van der Waals surface area (Å²) in [4.78, 5) is 22.8. The first-order chi connectivity index (χ1) is 9.68. The number of H-pyrrole nitrogens is 2. The molecule has 20 heavy (non-hydrogen) atoms. The fraction of sp³-hybridized carbons (Fsp3) is 0.0714. The fourth-order valence-corrected chi connectivity index (χ4v) is 1.56. The van der Waals surface area contributed by atoms with Crippen LogP contribution in [0.1, 0.15) is 21.6 Å². The predicted molar refractivity (Wildman–Crippen MR) is 77.6 cm³/mol. The first-order valence-electron chi connectivity index (χ1n) is 6.01. The Labute approximate surface area is 115 Å². The SMILES string of the molecule is Cc1c(C(=O)N/N=C/C=C/c2ccccc2)[nH][nH]c1=O. The number of amides is 1. The van der Waals surface area contributed by atoms with Crippen molar-refractivity contribution in [2.24, 2.45) is 5.10 Å². The Morgan fingerprint density at radius 2 is 2.00 bits per heavy atom. The van der Waals surface area contributed by atoms with Crippen molar-refractivity contribution in [3.63, 3.8) is 0 Å². The van der Waals surface area contributed by atoms with Crippen molar-refractivity contribution >= 4 is 18.2 Å². The number of nitrogens with one attached hydrogen (secondary N) is 3. The molecule has 1 amide bonds. The van der Waals surface area contributed by atoms with Crippen molar-refractivity contribution in [3.8, 4) is 0 Å². The highest BCUT2D eigenvalue weighted by atomic mass is 16.2. The van der Waals surface area contributed by atoms with Crippen molar-refractivity contribution in [2.75, 3.05) is 0 Å². The van der Waals surface area contributed by atoms with Crippen molar-refractivity contribution in [1.82, 2.24) is 15.6 Å². The summed E-state index contributed by atoms with van der Waals surface area (Å²) in [5.74, 6) is -0.467. The lowest BCUT2D eigenvalue weighted by Gasteiger charge is -1.95. The zero-order valence-corrected chi connectivity index (χ0v) is 10.9. The molecule has 0 aliphatic heterocycles. The number of hydrazone groups is 1. The van der Waals surface area contributed by atoms with Crippen LogP contribution in [-0.2, 0) is 0 Å². The van der Waals surface area contributed by atoms with Crippen LogP contribution in [0.15, 0.2) is 46.3 Å². The number of carbonyl (C=O) groups excluding carboxylic acids is 1. The average molecular weight is 270 g/mol. The molecule has 1 aromatic heterocycles. The van der Waals surface area contributed by atoms with Crippen molar-refractivity contribution < 1.29 is 4.79 Å². The highest BCUT2D eigenvalue weighted by Gasteiger charge is 2.12. The molecule has 2 rings (SSSR count). The van der Waals surface area contributed by atoms with E-state index < -0.39 is 5.91 Å². The standard InChI is InChI=1S/C14H14N4O2/c1-10-12(16-18-13(10)19)14(20)17-15-9-5-8-11-6-3-2-4-7-11/h2-9H,1H3,(H,17,20)(H2,16,18,19)/b8-5+,15-9+. The van der Waals surface area contributed by atoms with E-state index in [0.29, 0.717) is 5.56 Å². The van der Waals surface area contributed by atoms with E-state index in [1.54, 1.807) is 13.0 Å². The van der Waals surface area contributed by atoms with Gasteiger partial charge in [0, 0.05) is 11.8 Å². The summed E-state index contributed by atoms with van der Waals surface area (Å²) in [6, 6.07) is 9.71. The minimum absolute atomic E-state index is 0.180. The molecule has 102 valence electrons. The summed E-state index contributed by atoms with van der Waals surface area (Å²) < 4.78 is 0. The van der Waals surface area contributed by atoms with E-state index in [9.17, 15) is 9.59 Å². The third-order valence-electron chi connectivity index (χ3n) is 2.66. The van der Waals surface area contributed by atoms with Crippen LogP contribution in [0, 0.1) is 6.92 Å². The van der Waals surface area contributed by atoms with Crippen molar-refractivity contribution in [1.29, 1.82) is 0 Å². The van der Waals surface area contributed by atoms with Crippen LogP contribution in [0.4, 0.5) is 0 Å². The molecular weight excluding hydrogens is 256 g/mol. The van der Waals surface area contributed by atoms with Gasteiger partial charge in [0.2, 0.25) is 0 Å². The lowest BCUT2D eigenvalue weighted by atomic mass is 10.2. The molecule has 0 saturated heterocycles. The smallest absolute Gasteiger partial charge is 0.289 e. The molecule has 1 aromatic carbocycles. The second kappa shape index (κ2) is 6.33. The van der Waals surface area contributed by atoms with E-state index in [1.807, 2.05) is 36.4 Å². The summed E-state index contributed by atoms with van der Waals surface area (Å²) in [6.07, 6.45) is 5.03. The normalized spacial score (nSPS) is 11.2. The average Bonchev–Trinajstić information content (AvgIpc) is 2.80. The molecule has 6 nitrogen and oxygen atoms in total. The Bertz CT molecular complexity index is 695. The Balaban J connectivity index is 1.91. The summed E-state index contributed by atoms with van der Waals surface area (Å²) in [5.41, 5.74) is 3.56. The zero-order valence-electron chi connectivity index (χ0n) is 10.9. The lowest BCUT2D eigenvalue weighted by molar-refractivity contribution is 0.0949. The Morgan fingerprint density at radius 3 is 2.65 bits per heavy atom. The number of allylic oxidation sites excluding steroid dienone is 1. The van der Waals surface area contributed by atoms with E-state index in [-0.39, 0.29) is 11.3 Å². The van der Waals surface area contributed by atoms with Gasteiger partial charge in [-0.3, -0.25) is 19.8 Å². The monoisotopic (exact) mass is 270 g/mol.